The fourth-order valence-corrected chi connectivity index (χ4v) is 3.66. The first-order valence-corrected chi connectivity index (χ1v) is 8.08. The van der Waals surface area contributed by atoms with E-state index in [9.17, 15) is 0 Å². The van der Waals surface area contributed by atoms with Crippen LogP contribution < -0.4 is 5.32 Å². The summed E-state index contributed by atoms with van der Waals surface area (Å²) in [5.74, 6) is 1.95. The zero-order valence-electron chi connectivity index (χ0n) is 13.0. The van der Waals surface area contributed by atoms with Gasteiger partial charge < -0.3 is 5.32 Å². The van der Waals surface area contributed by atoms with Gasteiger partial charge in [0, 0.05) is 6.54 Å². The van der Waals surface area contributed by atoms with E-state index in [1.54, 1.807) is 0 Å². The van der Waals surface area contributed by atoms with Gasteiger partial charge in [-0.25, -0.2) is 0 Å². The van der Waals surface area contributed by atoms with Gasteiger partial charge in [-0.15, -0.1) is 0 Å². The molecule has 1 heterocycles. The molecule has 1 aliphatic heterocycles. The summed E-state index contributed by atoms with van der Waals surface area (Å²) in [4.78, 5) is 0. The number of hydrogen-bond acceptors (Lipinski definition) is 1. The normalized spacial score (nSPS) is 23.7. The van der Waals surface area contributed by atoms with Crippen LogP contribution in [-0.2, 0) is 0 Å². The summed E-state index contributed by atoms with van der Waals surface area (Å²) in [6.07, 6.45) is 1.26. The first-order valence-electron chi connectivity index (χ1n) is 8.08. The first-order chi connectivity index (χ1) is 10.3. The molecule has 0 radical (unpaired) electrons. The molecule has 0 bridgehead atoms. The van der Waals surface area contributed by atoms with E-state index in [2.05, 4.69) is 73.8 Å². The molecular formula is C20H25N. The van der Waals surface area contributed by atoms with Crippen LogP contribution >= 0.6 is 0 Å². The number of aryl methyl sites for hydroxylation is 1. The maximum absolute atomic E-state index is 3.58. The highest BCUT2D eigenvalue weighted by Gasteiger charge is 2.31. The van der Waals surface area contributed by atoms with Gasteiger partial charge in [-0.05, 0) is 48.8 Å². The lowest BCUT2D eigenvalue weighted by atomic mass is 9.72. The Labute approximate surface area is 128 Å². The Morgan fingerprint density at radius 3 is 2.43 bits per heavy atom. The fraction of sp³-hybridized carbons (Fsp3) is 0.400. The summed E-state index contributed by atoms with van der Waals surface area (Å²) in [6, 6.07) is 20.1. The van der Waals surface area contributed by atoms with Crippen LogP contribution in [0.1, 0.15) is 41.9 Å². The lowest BCUT2D eigenvalue weighted by molar-refractivity contribution is 0.285. The van der Waals surface area contributed by atoms with Gasteiger partial charge in [0.25, 0.3) is 0 Å². The SMILES string of the molecule is Cc1ccc(C2CNCCC2C(C)c2ccccc2)cc1. The van der Waals surface area contributed by atoms with Crippen molar-refractivity contribution < 1.29 is 0 Å². The van der Waals surface area contributed by atoms with Gasteiger partial charge in [0.05, 0.1) is 0 Å². The summed E-state index contributed by atoms with van der Waals surface area (Å²) < 4.78 is 0. The Morgan fingerprint density at radius 1 is 1.00 bits per heavy atom. The molecule has 21 heavy (non-hydrogen) atoms. The Hall–Kier alpha value is -1.60. The second kappa shape index (κ2) is 6.44. The van der Waals surface area contributed by atoms with Crippen LogP contribution in [0.15, 0.2) is 54.6 Å². The molecular weight excluding hydrogens is 254 g/mol. The van der Waals surface area contributed by atoms with Gasteiger partial charge in [0.1, 0.15) is 0 Å². The Balaban J connectivity index is 1.86. The minimum Gasteiger partial charge on any atom is -0.316 e. The zero-order valence-corrected chi connectivity index (χ0v) is 13.0. The molecule has 2 aromatic rings. The van der Waals surface area contributed by atoms with Crippen LogP contribution in [0.2, 0.25) is 0 Å². The van der Waals surface area contributed by atoms with Crippen LogP contribution in [0.25, 0.3) is 0 Å². The third-order valence-corrected chi connectivity index (χ3v) is 5.01. The predicted octanol–water partition coefficient (Wildman–Crippen LogP) is 4.49. The average molecular weight is 279 g/mol. The first kappa shape index (κ1) is 14.3. The molecule has 0 aliphatic carbocycles. The highest BCUT2D eigenvalue weighted by molar-refractivity contribution is 5.28. The van der Waals surface area contributed by atoms with E-state index >= 15 is 0 Å². The smallest absolute Gasteiger partial charge is 0.00230 e. The summed E-state index contributed by atoms with van der Waals surface area (Å²) in [6.45, 7) is 6.80. The second-order valence-corrected chi connectivity index (χ2v) is 6.37. The summed E-state index contributed by atoms with van der Waals surface area (Å²) >= 11 is 0. The number of nitrogens with one attached hydrogen (secondary N) is 1. The summed E-state index contributed by atoms with van der Waals surface area (Å²) in [5, 5.41) is 3.58. The monoisotopic (exact) mass is 279 g/mol. The van der Waals surface area contributed by atoms with E-state index in [1.807, 2.05) is 0 Å². The fourth-order valence-electron chi connectivity index (χ4n) is 3.66. The van der Waals surface area contributed by atoms with Crippen molar-refractivity contribution in [2.75, 3.05) is 13.1 Å². The van der Waals surface area contributed by atoms with Crippen LogP contribution in [0.4, 0.5) is 0 Å². The quantitative estimate of drug-likeness (QED) is 0.872. The molecule has 1 aliphatic rings. The van der Waals surface area contributed by atoms with Gasteiger partial charge in [-0.3, -0.25) is 0 Å². The maximum Gasteiger partial charge on any atom is 0.00230 e. The standard InChI is InChI=1S/C20H25N/c1-15-8-10-18(11-9-15)20-14-21-13-12-19(20)16(2)17-6-4-3-5-7-17/h3-11,16,19-21H,12-14H2,1-2H3. The molecule has 0 amide bonds. The molecule has 110 valence electrons. The van der Waals surface area contributed by atoms with Crippen molar-refractivity contribution in [2.45, 2.75) is 32.1 Å². The topological polar surface area (TPSA) is 12.0 Å². The molecule has 1 saturated heterocycles. The van der Waals surface area contributed by atoms with Crippen molar-refractivity contribution in [3.8, 4) is 0 Å². The number of piperidine rings is 1. The highest BCUT2D eigenvalue weighted by Crippen LogP contribution is 2.39. The average Bonchev–Trinajstić information content (AvgIpc) is 2.56. The summed E-state index contributed by atoms with van der Waals surface area (Å²) in [7, 11) is 0. The van der Waals surface area contributed by atoms with Crippen LogP contribution in [0, 0.1) is 12.8 Å². The van der Waals surface area contributed by atoms with Gasteiger partial charge in [0.2, 0.25) is 0 Å². The van der Waals surface area contributed by atoms with Crippen LogP contribution in [-0.4, -0.2) is 13.1 Å². The molecule has 0 saturated carbocycles. The van der Waals surface area contributed by atoms with Gasteiger partial charge in [-0.1, -0.05) is 67.1 Å². The maximum atomic E-state index is 3.58. The van der Waals surface area contributed by atoms with Gasteiger partial charge >= 0.3 is 0 Å². The van der Waals surface area contributed by atoms with E-state index in [1.165, 1.54) is 23.1 Å². The Kier molecular flexibility index (Phi) is 4.40. The highest BCUT2D eigenvalue weighted by atomic mass is 14.9. The van der Waals surface area contributed by atoms with Gasteiger partial charge in [0.15, 0.2) is 0 Å². The molecule has 3 atom stereocenters. The van der Waals surface area contributed by atoms with E-state index in [4.69, 9.17) is 0 Å². The predicted molar refractivity (Wildman–Crippen MR) is 89.8 cm³/mol. The molecule has 1 nitrogen and oxygen atoms in total. The van der Waals surface area contributed by atoms with Crippen molar-refractivity contribution in [2.24, 2.45) is 5.92 Å². The number of rotatable bonds is 3. The zero-order chi connectivity index (χ0) is 14.7. The van der Waals surface area contributed by atoms with Crippen molar-refractivity contribution in [1.29, 1.82) is 0 Å². The van der Waals surface area contributed by atoms with Crippen molar-refractivity contribution in [3.05, 3.63) is 71.3 Å². The molecule has 3 rings (SSSR count). The minimum absolute atomic E-state index is 0.611. The number of hydrogen-bond donors (Lipinski definition) is 1. The molecule has 3 unspecified atom stereocenters. The largest absolute Gasteiger partial charge is 0.316 e. The third kappa shape index (κ3) is 3.19. The van der Waals surface area contributed by atoms with Crippen LogP contribution in [0.5, 0.6) is 0 Å². The molecule has 0 aromatic heterocycles. The second-order valence-electron chi connectivity index (χ2n) is 6.37. The molecule has 1 heteroatoms. The lowest BCUT2D eigenvalue weighted by Crippen LogP contribution is -2.37. The molecule has 0 spiro atoms. The summed E-state index contributed by atoms with van der Waals surface area (Å²) in [5.41, 5.74) is 4.30. The molecule has 2 aromatic carbocycles. The Morgan fingerprint density at radius 2 is 1.71 bits per heavy atom. The van der Waals surface area contributed by atoms with Crippen molar-refractivity contribution in [3.63, 3.8) is 0 Å². The van der Waals surface area contributed by atoms with Crippen LogP contribution in [0.3, 0.4) is 0 Å². The van der Waals surface area contributed by atoms with Gasteiger partial charge in [-0.2, -0.15) is 0 Å². The van der Waals surface area contributed by atoms with E-state index in [-0.39, 0.29) is 0 Å². The van der Waals surface area contributed by atoms with Crippen molar-refractivity contribution >= 4 is 0 Å². The molecule has 1 N–H and O–H groups in total. The van der Waals surface area contributed by atoms with E-state index < -0.39 is 0 Å². The van der Waals surface area contributed by atoms with E-state index in [0.29, 0.717) is 11.8 Å². The number of benzene rings is 2. The Bertz CT molecular complexity index is 558. The van der Waals surface area contributed by atoms with Crippen molar-refractivity contribution in [1.82, 2.24) is 5.32 Å². The minimum atomic E-state index is 0.611. The molecule has 1 fully saturated rings. The van der Waals surface area contributed by atoms with E-state index in [0.717, 1.165) is 19.0 Å². The lowest BCUT2D eigenvalue weighted by Gasteiger charge is -2.37. The third-order valence-electron chi connectivity index (χ3n) is 5.01.